The van der Waals surface area contributed by atoms with Gasteiger partial charge in [-0.3, -0.25) is 4.79 Å². The Labute approximate surface area is 90.8 Å². The van der Waals surface area contributed by atoms with Crippen molar-refractivity contribution in [2.75, 3.05) is 0 Å². The molecule has 0 saturated heterocycles. The molecule has 1 aromatic carbocycles. The summed E-state index contributed by atoms with van der Waals surface area (Å²) in [6.45, 7) is 0. The van der Waals surface area contributed by atoms with E-state index in [0.717, 1.165) is 0 Å². The standard InChI is InChI=1S/C7HBrCl2F2O/c8-5-4(7(10)13)3(11)1-2(9)6(5)12/h1H. The third-order valence-electron chi connectivity index (χ3n) is 1.31. The predicted molar refractivity (Wildman–Crippen MR) is 49.3 cm³/mol. The van der Waals surface area contributed by atoms with Crippen LogP contribution in [-0.4, -0.2) is 5.24 Å². The van der Waals surface area contributed by atoms with Crippen LogP contribution >= 0.6 is 39.1 Å². The lowest BCUT2D eigenvalue weighted by Crippen LogP contribution is -1.99. The number of carbonyl (C=O) groups is 1. The van der Waals surface area contributed by atoms with Crippen molar-refractivity contribution >= 4 is 44.4 Å². The van der Waals surface area contributed by atoms with Gasteiger partial charge < -0.3 is 0 Å². The summed E-state index contributed by atoms with van der Waals surface area (Å²) in [5, 5.41) is -1.49. The van der Waals surface area contributed by atoms with Gasteiger partial charge in [0.2, 0.25) is 0 Å². The van der Waals surface area contributed by atoms with Crippen molar-refractivity contribution < 1.29 is 13.6 Å². The molecular formula is C7HBrCl2F2O. The van der Waals surface area contributed by atoms with Crippen LogP contribution < -0.4 is 0 Å². The van der Waals surface area contributed by atoms with Crippen LogP contribution in [0.5, 0.6) is 0 Å². The third-order valence-corrected chi connectivity index (χ3v) is 2.52. The van der Waals surface area contributed by atoms with Gasteiger partial charge in [0.15, 0.2) is 5.82 Å². The Morgan fingerprint density at radius 2 is 2.00 bits per heavy atom. The Hall–Kier alpha value is -0.190. The van der Waals surface area contributed by atoms with Crippen LogP contribution in [0.25, 0.3) is 0 Å². The summed E-state index contributed by atoms with van der Waals surface area (Å²) in [7, 11) is 0. The van der Waals surface area contributed by atoms with Crippen molar-refractivity contribution in [3.63, 3.8) is 0 Å². The Bertz CT molecular complexity index is 381. The zero-order chi connectivity index (χ0) is 10.2. The van der Waals surface area contributed by atoms with Crippen molar-refractivity contribution in [3.8, 4) is 0 Å². The average molecular weight is 290 g/mol. The van der Waals surface area contributed by atoms with Gasteiger partial charge in [0.05, 0.1) is 15.1 Å². The van der Waals surface area contributed by atoms with E-state index in [9.17, 15) is 13.6 Å². The van der Waals surface area contributed by atoms with Crippen LogP contribution in [0.3, 0.4) is 0 Å². The quantitative estimate of drug-likeness (QED) is 0.437. The lowest BCUT2D eigenvalue weighted by molar-refractivity contribution is 0.107. The molecule has 6 heteroatoms. The molecule has 0 spiro atoms. The highest BCUT2D eigenvalue weighted by Crippen LogP contribution is 2.30. The fourth-order valence-corrected chi connectivity index (χ4v) is 1.93. The molecule has 0 aliphatic carbocycles. The van der Waals surface area contributed by atoms with Gasteiger partial charge in [0.25, 0.3) is 5.24 Å². The maximum Gasteiger partial charge on any atom is 0.256 e. The molecule has 0 fully saturated rings. The zero-order valence-corrected chi connectivity index (χ0v) is 8.97. The van der Waals surface area contributed by atoms with E-state index in [-0.39, 0.29) is 4.47 Å². The zero-order valence-electron chi connectivity index (χ0n) is 5.88. The van der Waals surface area contributed by atoms with E-state index in [1.807, 2.05) is 0 Å². The topological polar surface area (TPSA) is 17.1 Å². The molecule has 0 amide bonds. The Morgan fingerprint density at radius 3 is 2.46 bits per heavy atom. The van der Waals surface area contributed by atoms with E-state index in [4.69, 9.17) is 23.2 Å². The number of halogens is 5. The maximum absolute atomic E-state index is 13.0. The molecule has 0 N–H and O–H groups in total. The lowest BCUT2D eigenvalue weighted by Gasteiger charge is -2.03. The van der Waals surface area contributed by atoms with Gasteiger partial charge in [0.1, 0.15) is 5.82 Å². The first-order valence-electron chi connectivity index (χ1n) is 2.98. The first-order valence-corrected chi connectivity index (χ1v) is 4.53. The second kappa shape index (κ2) is 3.90. The Balaban J connectivity index is 3.53. The van der Waals surface area contributed by atoms with Gasteiger partial charge >= 0.3 is 0 Å². The SMILES string of the molecule is O=C(Cl)c1c(F)cc(Cl)c(F)c1Br. The maximum atomic E-state index is 13.0. The third kappa shape index (κ3) is 2.00. The Morgan fingerprint density at radius 1 is 1.46 bits per heavy atom. The minimum Gasteiger partial charge on any atom is -0.275 e. The van der Waals surface area contributed by atoms with Gasteiger partial charge in [-0.2, -0.15) is 0 Å². The molecule has 1 aromatic rings. The number of benzene rings is 1. The normalized spacial score (nSPS) is 10.2. The molecule has 0 radical (unpaired) electrons. The predicted octanol–water partition coefficient (Wildman–Crippen LogP) is 3.76. The van der Waals surface area contributed by atoms with Crippen molar-refractivity contribution in [1.29, 1.82) is 0 Å². The van der Waals surface area contributed by atoms with E-state index in [0.29, 0.717) is 6.07 Å². The lowest BCUT2D eigenvalue weighted by atomic mass is 10.2. The van der Waals surface area contributed by atoms with E-state index >= 15 is 0 Å². The number of hydrogen-bond donors (Lipinski definition) is 0. The molecule has 0 aliphatic rings. The summed E-state index contributed by atoms with van der Waals surface area (Å²) in [5.74, 6) is -1.87. The molecule has 0 saturated carbocycles. The highest BCUT2D eigenvalue weighted by molar-refractivity contribution is 9.10. The summed E-state index contributed by atoms with van der Waals surface area (Å²) >= 11 is 13.0. The van der Waals surface area contributed by atoms with E-state index in [1.54, 1.807) is 0 Å². The molecule has 1 nitrogen and oxygen atoms in total. The van der Waals surface area contributed by atoms with E-state index in [2.05, 4.69) is 15.9 Å². The number of hydrogen-bond acceptors (Lipinski definition) is 1. The number of rotatable bonds is 1. The van der Waals surface area contributed by atoms with Crippen molar-refractivity contribution in [1.82, 2.24) is 0 Å². The van der Waals surface area contributed by atoms with Crippen LogP contribution in [0.4, 0.5) is 8.78 Å². The molecule has 0 aliphatic heterocycles. The molecule has 13 heavy (non-hydrogen) atoms. The van der Waals surface area contributed by atoms with Crippen LogP contribution in [0, 0.1) is 11.6 Å². The molecule has 0 heterocycles. The minimum absolute atomic E-state index is 0.363. The number of carbonyl (C=O) groups excluding carboxylic acids is 1. The van der Waals surface area contributed by atoms with Crippen LogP contribution in [0.15, 0.2) is 10.5 Å². The molecule has 0 unspecified atom stereocenters. The highest BCUT2D eigenvalue weighted by Gasteiger charge is 2.19. The summed E-state index contributed by atoms with van der Waals surface area (Å²) in [6.07, 6.45) is 0. The van der Waals surface area contributed by atoms with Crippen LogP contribution in [0.1, 0.15) is 10.4 Å². The second-order valence-electron chi connectivity index (χ2n) is 2.12. The molecule has 0 atom stereocenters. The molecule has 1 rings (SSSR count). The van der Waals surface area contributed by atoms with Crippen molar-refractivity contribution in [2.24, 2.45) is 0 Å². The first kappa shape index (κ1) is 10.9. The van der Waals surface area contributed by atoms with Gasteiger partial charge in [-0.15, -0.1) is 0 Å². The van der Waals surface area contributed by atoms with Crippen LogP contribution in [-0.2, 0) is 0 Å². The van der Waals surface area contributed by atoms with Gasteiger partial charge in [-0.25, -0.2) is 8.78 Å². The van der Waals surface area contributed by atoms with E-state index in [1.165, 1.54) is 0 Å². The largest absolute Gasteiger partial charge is 0.275 e. The van der Waals surface area contributed by atoms with Crippen molar-refractivity contribution in [3.05, 3.63) is 32.8 Å². The average Bonchev–Trinajstić information content (AvgIpc) is 1.99. The molecule has 70 valence electrons. The fraction of sp³-hybridized carbons (Fsp3) is 0. The van der Waals surface area contributed by atoms with Crippen molar-refractivity contribution in [2.45, 2.75) is 0 Å². The smallest absolute Gasteiger partial charge is 0.256 e. The minimum atomic E-state index is -1.08. The molecule has 0 bridgehead atoms. The van der Waals surface area contributed by atoms with Gasteiger partial charge in [0, 0.05) is 0 Å². The Kier molecular flexibility index (Phi) is 3.27. The first-order chi connectivity index (χ1) is 5.95. The molecule has 0 aromatic heterocycles. The van der Waals surface area contributed by atoms with Gasteiger partial charge in [-0.05, 0) is 33.6 Å². The van der Waals surface area contributed by atoms with E-state index < -0.39 is 27.5 Å². The molecular weight excluding hydrogens is 289 g/mol. The summed E-state index contributed by atoms with van der Waals surface area (Å²) < 4.78 is 25.6. The monoisotopic (exact) mass is 288 g/mol. The summed E-state index contributed by atoms with van der Waals surface area (Å²) in [4.78, 5) is 10.6. The fourth-order valence-electron chi connectivity index (χ4n) is 0.746. The summed E-state index contributed by atoms with van der Waals surface area (Å²) in [6, 6.07) is 0.692. The van der Waals surface area contributed by atoms with Crippen LogP contribution in [0.2, 0.25) is 5.02 Å². The highest BCUT2D eigenvalue weighted by atomic mass is 79.9. The van der Waals surface area contributed by atoms with Gasteiger partial charge in [-0.1, -0.05) is 11.6 Å². The second-order valence-corrected chi connectivity index (χ2v) is 3.66. The summed E-state index contributed by atoms with van der Waals surface area (Å²) in [5.41, 5.74) is -0.552.